The number of carboxylic acids is 1. The molecule has 0 bridgehead atoms. The lowest BCUT2D eigenvalue weighted by molar-refractivity contribution is -0.137. The van der Waals surface area contributed by atoms with Crippen molar-refractivity contribution in [3.05, 3.63) is 29.8 Å². The van der Waals surface area contributed by atoms with E-state index in [9.17, 15) is 13.2 Å². The van der Waals surface area contributed by atoms with E-state index in [-0.39, 0.29) is 17.9 Å². The molecule has 100 valence electrons. The lowest BCUT2D eigenvalue weighted by atomic mass is 10.2. The van der Waals surface area contributed by atoms with Gasteiger partial charge in [-0.1, -0.05) is 12.1 Å². The molecule has 0 amide bonds. The molecule has 0 aliphatic carbocycles. The molecule has 0 aliphatic rings. The maximum atomic E-state index is 12.1. The van der Waals surface area contributed by atoms with E-state index in [1.165, 1.54) is 17.4 Å². The van der Waals surface area contributed by atoms with E-state index in [2.05, 4.69) is 0 Å². The van der Waals surface area contributed by atoms with Crippen molar-refractivity contribution in [1.29, 1.82) is 0 Å². The van der Waals surface area contributed by atoms with Crippen LogP contribution in [-0.4, -0.2) is 37.4 Å². The molecule has 0 aromatic heterocycles. The molecular weight excluding hydrogens is 254 g/mol. The van der Waals surface area contributed by atoms with Gasteiger partial charge in [-0.3, -0.25) is 4.79 Å². The number of carboxylic acid groups (broad SMARTS) is 1. The van der Waals surface area contributed by atoms with Crippen molar-refractivity contribution in [2.75, 3.05) is 13.6 Å². The van der Waals surface area contributed by atoms with Gasteiger partial charge < -0.3 is 5.11 Å². The van der Waals surface area contributed by atoms with Crippen LogP contribution < -0.4 is 0 Å². The average Bonchev–Trinajstić information content (AvgIpc) is 2.28. The third-order valence-electron chi connectivity index (χ3n) is 2.56. The Morgan fingerprint density at radius 3 is 2.61 bits per heavy atom. The van der Waals surface area contributed by atoms with Crippen molar-refractivity contribution in [1.82, 2.24) is 4.31 Å². The highest BCUT2D eigenvalue weighted by atomic mass is 32.2. The first-order chi connectivity index (χ1) is 8.34. The number of benzene rings is 1. The van der Waals surface area contributed by atoms with Crippen LogP contribution in [0.15, 0.2) is 29.2 Å². The zero-order chi connectivity index (χ0) is 13.8. The predicted octanol–water partition coefficient (Wildman–Crippen LogP) is 1.48. The van der Waals surface area contributed by atoms with Crippen molar-refractivity contribution in [3.8, 4) is 0 Å². The maximum Gasteiger partial charge on any atom is 0.303 e. The van der Waals surface area contributed by atoms with Gasteiger partial charge in [-0.25, -0.2) is 12.7 Å². The highest BCUT2D eigenvalue weighted by molar-refractivity contribution is 7.89. The minimum absolute atomic E-state index is 0.0341. The lowest BCUT2D eigenvalue weighted by Gasteiger charge is -2.16. The topological polar surface area (TPSA) is 74.7 Å². The Hall–Kier alpha value is -1.40. The summed E-state index contributed by atoms with van der Waals surface area (Å²) in [6, 6.07) is 6.65. The summed E-state index contributed by atoms with van der Waals surface area (Å²) in [5.74, 6) is -0.920. The number of sulfonamides is 1. The van der Waals surface area contributed by atoms with Crippen molar-refractivity contribution in [2.45, 2.75) is 24.7 Å². The number of nitrogens with zero attached hydrogens (tertiary/aromatic N) is 1. The molecule has 1 rings (SSSR count). The fourth-order valence-corrected chi connectivity index (χ4v) is 2.84. The fraction of sp³-hybridized carbons (Fsp3) is 0.417. The number of hydrogen-bond acceptors (Lipinski definition) is 3. The third-order valence-corrected chi connectivity index (χ3v) is 4.41. The second-order valence-corrected chi connectivity index (χ2v) is 6.19. The number of aliphatic carboxylic acids is 1. The number of aryl methyl sites for hydroxylation is 1. The minimum Gasteiger partial charge on any atom is -0.481 e. The van der Waals surface area contributed by atoms with Crippen molar-refractivity contribution in [2.24, 2.45) is 0 Å². The molecule has 0 spiro atoms. The molecular formula is C12H17NO4S. The first-order valence-corrected chi connectivity index (χ1v) is 7.03. The maximum absolute atomic E-state index is 12.1. The number of rotatable bonds is 6. The van der Waals surface area contributed by atoms with Gasteiger partial charge in [0.2, 0.25) is 10.0 Å². The van der Waals surface area contributed by atoms with Gasteiger partial charge in [0.15, 0.2) is 0 Å². The summed E-state index contributed by atoms with van der Waals surface area (Å²) in [6.07, 6.45) is 0.268. The van der Waals surface area contributed by atoms with Crippen LogP contribution in [0.3, 0.4) is 0 Å². The average molecular weight is 271 g/mol. The zero-order valence-electron chi connectivity index (χ0n) is 10.5. The van der Waals surface area contributed by atoms with Gasteiger partial charge in [0.25, 0.3) is 0 Å². The molecule has 0 heterocycles. The van der Waals surface area contributed by atoms with Gasteiger partial charge in [0.05, 0.1) is 4.90 Å². The molecule has 0 unspecified atom stereocenters. The van der Waals surface area contributed by atoms with Crippen LogP contribution in [0.2, 0.25) is 0 Å². The van der Waals surface area contributed by atoms with E-state index in [0.29, 0.717) is 6.42 Å². The minimum atomic E-state index is -3.52. The van der Waals surface area contributed by atoms with E-state index >= 15 is 0 Å². The second kappa shape index (κ2) is 5.97. The largest absolute Gasteiger partial charge is 0.481 e. The summed E-state index contributed by atoms with van der Waals surface area (Å²) in [5.41, 5.74) is 0.870. The van der Waals surface area contributed by atoms with Crippen LogP contribution in [0, 0.1) is 6.92 Å². The molecule has 0 saturated carbocycles. The Balaban J connectivity index is 2.77. The summed E-state index contributed by atoms with van der Waals surface area (Å²) < 4.78 is 25.5. The van der Waals surface area contributed by atoms with E-state index in [4.69, 9.17) is 5.11 Å². The van der Waals surface area contributed by atoms with E-state index in [1.807, 2.05) is 13.0 Å². The summed E-state index contributed by atoms with van der Waals surface area (Å²) in [4.78, 5) is 10.6. The van der Waals surface area contributed by atoms with Crippen molar-refractivity contribution in [3.63, 3.8) is 0 Å². The normalized spacial score (nSPS) is 11.7. The van der Waals surface area contributed by atoms with Crippen LogP contribution in [0.25, 0.3) is 0 Å². The molecule has 0 radical (unpaired) electrons. The lowest BCUT2D eigenvalue weighted by Crippen LogP contribution is -2.28. The summed E-state index contributed by atoms with van der Waals surface area (Å²) in [7, 11) is -2.06. The van der Waals surface area contributed by atoms with Crippen LogP contribution >= 0.6 is 0 Å². The van der Waals surface area contributed by atoms with E-state index in [0.717, 1.165) is 5.56 Å². The van der Waals surface area contributed by atoms with Crippen LogP contribution in [0.4, 0.5) is 0 Å². The Kier molecular flexibility index (Phi) is 4.86. The van der Waals surface area contributed by atoms with Crippen molar-refractivity contribution < 1.29 is 18.3 Å². The SMILES string of the molecule is Cc1cccc(S(=O)(=O)N(C)CCCC(=O)O)c1. The van der Waals surface area contributed by atoms with Crippen LogP contribution in [0.1, 0.15) is 18.4 Å². The van der Waals surface area contributed by atoms with Gasteiger partial charge in [-0.2, -0.15) is 0 Å². The summed E-state index contributed by atoms with van der Waals surface area (Å²) >= 11 is 0. The van der Waals surface area contributed by atoms with Gasteiger partial charge in [0.1, 0.15) is 0 Å². The van der Waals surface area contributed by atoms with E-state index in [1.54, 1.807) is 12.1 Å². The van der Waals surface area contributed by atoms with Gasteiger partial charge >= 0.3 is 5.97 Å². The Labute approximate surface area is 107 Å². The molecule has 0 atom stereocenters. The monoisotopic (exact) mass is 271 g/mol. The standard InChI is InChI=1S/C12H17NO4S/c1-10-5-3-6-11(9-10)18(16,17)13(2)8-4-7-12(14)15/h3,5-6,9H,4,7-8H2,1-2H3,(H,14,15). The first-order valence-electron chi connectivity index (χ1n) is 5.59. The Bertz CT molecular complexity index is 525. The molecule has 18 heavy (non-hydrogen) atoms. The van der Waals surface area contributed by atoms with E-state index < -0.39 is 16.0 Å². The molecule has 1 N–H and O–H groups in total. The highest BCUT2D eigenvalue weighted by Crippen LogP contribution is 2.15. The number of carbonyl (C=O) groups is 1. The Morgan fingerprint density at radius 1 is 1.39 bits per heavy atom. The second-order valence-electron chi connectivity index (χ2n) is 4.14. The highest BCUT2D eigenvalue weighted by Gasteiger charge is 2.20. The first kappa shape index (κ1) is 14.7. The van der Waals surface area contributed by atoms with Crippen LogP contribution in [-0.2, 0) is 14.8 Å². The molecule has 1 aromatic rings. The molecule has 6 heteroatoms. The smallest absolute Gasteiger partial charge is 0.303 e. The third kappa shape index (κ3) is 3.82. The van der Waals surface area contributed by atoms with Gasteiger partial charge in [0, 0.05) is 20.0 Å². The molecule has 5 nitrogen and oxygen atoms in total. The predicted molar refractivity (Wildman–Crippen MR) is 67.9 cm³/mol. The van der Waals surface area contributed by atoms with Crippen LogP contribution in [0.5, 0.6) is 0 Å². The van der Waals surface area contributed by atoms with Gasteiger partial charge in [-0.15, -0.1) is 0 Å². The number of hydrogen-bond donors (Lipinski definition) is 1. The molecule has 0 aliphatic heterocycles. The summed E-state index contributed by atoms with van der Waals surface area (Å²) in [6.45, 7) is 2.02. The van der Waals surface area contributed by atoms with Crippen molar-refractivity contribution >= 4 is 16.0 Å². The quantitative estimate of drug-likeness (QED) is 0.850. The van der Waals surface area contributed by atoms with Gasteiger partial charge in [-0.05, 0) is 31.0 Å². The summed E-state index contributed by atoms with van der Waals surface area (Å²) in [5, 5.41) is 8.51. The fourth-order valence-electron chi connectivity index (χ4n) is 1.53. The molecule has 0 saturated heterocycles. The molecule has 1 aromatic carbocycles. The zero-order valence-corrected chi connectivity index (χ0v) is 11.3. The molecule has 0 fully saturated rings. The Morgan fingerprint density at radius 2 is 2.06 bits per heavy atom.